The highest BCUT2D eigenvalue weighted by molar-refractivity contribution is 5.44. The van der Waals surface area contributed by atoms with Gasteiger partial charge in [-0.2, -0.15) is 0 Å². The molecule has 0 radical (unpaired) electrons. The van der Waals surface area contributed by atoms with E-state index >= 15 is 0 Å². The van der Waals surface area contributed by atoms with Crippen LogP contribution in [0.1, 0.15) is 96.0 Å². The van der Waals surface area contributed by atoms with Crippen LogP contribution in [0.4, 0.5) is 0 Å². The third-order valence-electron chi connectivity index (χ3n) is 4.98. The van der Waals surface area contributed by atoms with Crippen molar-refractivity contribution in [3.8, 4) is 11.5 Å². The Hall–Kier alpha value is -1.22. The second kappa shape index (κ2) is 16.0. The van der Waals surface area contributed by atoms with Crippen molar-refractivity contribution >= 4 is 0 Å². The molecule has 26 heavy (non-hydrogen) atoms. The molecule has 1 aromatic carbocycles. The molecule has 0 unspecified atom stereocenters. The fourth-order valence-electron chi connectivity index (χ4n) is 3.27. The maximum Gasteiger partial charge on any atom is 0.160 e. The molecule has 3 nitrogen and oxygen atoms in total. The third-order valence-corrected chi connectivity index (χ3v) is 4.98. The third kappa shape index (κ3) is 11.4. The van der Waals surface area contributed by atoms with E-state index < -0.39 is 0 Å². The second-order valence-electron chi connectivity index (χ2n) is 7.39. The van der Waals surface area contributed by atoms with Gasteiger partial charge in [-0.1, -0.05) is 83.3 Å². The molecule has 1 aromatic rings. The van der Waals surface area contributed by atoms with Crippen LogP contribution in [0.5, 0.6) is 11.5 Å². The van der Waals surface area contributed by atoms with Gasteiger partial charge >= 0.3 is 0 Å². The number of aryl methyl sites for hydroxylation is 1. The lowest BCUT2D eigenvalue weighted by Gasteiger charge is -2.06. The quantitative estimate of drug-likeness (QED) is 0.237. The largest absolute Gasteiger partial charge is 0.504 e. The van der Waals surface area contributed by atoms with Gasteiger partial charge in [-0.3, -0.25) is 0 Å². The van der Waals surface area contributed by atoms with E-state index in [0.29, 0.717) is 0 Å². The second-order valence-corrected chi connectivity index (χ2v) is 7.39. The predicted molar refractivity (Wildman–Crippen MR) is 110 cm³/mol. The lowest BCUT2D eigenvalue weighted by Crippen LogP contribution is -1.97. The van der Waals surface area contributed by atoms with Gasteiger partial charge in [0.15, 0.2) is 11.5 Å². The highest BCUT2D eigenvalue weighted by atomic mass is 16.5. The van der Waals surface area contributed by atoms with Crippen LogP contribution in [0.2, 0.25) is 0 Å². The normalized spacial score (nSPS) is 11.1. The number of hydrogen-bond donors (Lipinski definition) is 2. The highest BCUT2D eigenvalue weighted by Gasteiger charge is 2.04. The van der Waals surface area contributed by atoms with Crippen molar-refractivity contribution in [1.29, 1.82) is 0 Å². The van der Waals surface area contributed by atoms with Crippen LogP contribution >= 0.6 is 0 Å². The first-order valence-corrected chi connectivity index (χ1v) is 10.8. The minimum absolute atomic E-state index is 0.0111. The molecule has 0 amide bonds. The zero-order valence-electron chi connectivity index (χ0n) is 16.8. The van der Waals surface area contributed by atoms with Gasteiger partial charge in [0.25, 0.3) is 0 Å². The Bertz CT molecular complexity index is 445. The summed E-state index contributed by atoms with van der Waals surface area (Å²) in [4.78, 5) is 0. The Labute approximate surface area is 160 Å². The Morgan fingerprint density at radius 3 is 1.85 bits per heavy atom. The van der Waals surface area contributed by atoms with Crippen molar-refractivity contribution in [2.45, 2.75) is 96.8 Å². The topological polar surface area (TPSA) is 49.7 Å². The first kappa shape index (κ1) is 22.8. The SMILES string of the molecule is CCCCCCCOCCCCCCCCCCc1cccc(O)c1O. The molecule has 0 heterocycles. The molecule has 0 saturated heterocycles. The average Bonchev–Trinajstić information content (AvgIpc) is 2.64. The van der Waals surface area contributed by atoms with Crippen LogP contribution in [0.3, 0.4) is 0 Å². The summed E-state index contributed by atoms with van der Waals surface area (Å²) in [6.07, 6.45) is 17.3. The summed E-state index contributed by atoms with van der Waals surface area (Å²) in [5.74, 6) is 0.0404. The van der Waals surface area contributed by atoms with Crippen LogP contribution in [-0.2, 0) is 11.2 Å². The van der Waals surface area contributed by atoms with Crippen molar-refractivity contribution in [3.63, 3.8) is 0 Å². The number of aromatic hydroxyl groups is 2. The van der Waals surface area contributed by atoms with E-state index in [2.05, 4.69) is 6.92 Å². The van der Waals surface area contributed by atoms with Crippen molar-refractivity contribution in [2.24, 2.45) is 0 Å². The van der Waals surface area contributed by atoms with Crippen LogP contribution in [0.25, 0.3) is 0 Å². The monoisotopic (exact) mass is 364 g/mol. The molecule has 0 spiro atoms. The fourth-order valence-corrected chi connectivity index (χ4v) is 3.27. The molecule has 3 heteroatoms. The lowest BCUT2D eigenvalue weighted by molar-refractivity contribution is 0.125. The Kier molecular flexibility index (Phi) is 14.0. The molecule has 2 N–H and O–H groups in total. The van der Waals surface area contributed by atoms with Crippen molar-refractivity contribution in [1.82, 2.24) is 0 Å². The Morgan fingerprint density at radius 2 is 1.23 bits per heavy atom. The summed E-state index contributed by atoms with van der Waals surface area (Å²) in [7, 11) is 0. The van der Waals surface area contributed by atoms with Gasteiger partial charge in [-0.15, -0.1) is 0 Å². The van der Waals surface area contributed by atoms with E-state index in [-0.39, 0.29) is 11.5 Å². The summed E-state index contributed by atoms with van der Waals surface area (Å²) in [5, 5.41) is 19.2. The van der Waals surface area contributed by atoms with Gasteiger partial charge in [-0.05, 0) is 37.3 Å². The number of hydrogen-bond acceptors (Lipinski definition) is 3. The molecule has 0 aromatic heterocycles. The summed E-state index contributed by atoms with van der Waals surface area (Å²) in [5.41, 5.74) is 0.857. The summed E-state index contributed by atoms with van der Waals surface area (Å²) in [6, 6.07) is 5.21. The summed E-state index contributed by atoms with van der Waals surface area (Å²) < 4.78 is 5.70. The van der Waals surface area contributed by atoms with E-state index in [1.165, 1.54) is 83.1 Å². The van der Waals surface area contributed by atoms with Crippen LogP contribution in [0, 0.1) is 0 Å². The van der Waals surface area contributed by atoms with Gasteiger partial charge in [0.1, 0.15) is 0 Å². The Morgan fingerprint density at radius 1 is 0.692 bits per heavy atom. The van der Waals surface area contributed by atoms with Gasteiger partial charge in [0, 0.05) is 13.2 Å². The molecule has 0 aliphatic heterocycles. The van der Waals surface area contributed by atoms with Gasteiger partial charge in [-0.25, -0.2) is 0 Å². The Balaban J connectivity index is 1.80. The number of unbranched alkanes of at least 4 members (excludes halogenated alkanes) is 11. The number of phenolic OH excluding ortho intramolecular Hbond substituents is 2. The van der Waals surface area contributed by atoms with Crippen LogP contribution < -0.4 is 0 Å². The van der Waals surface area contributed by atoms with E-state index in [9.17, 15) is 10.2 Å². The smallest absolute Gasteiger partial charge is 0.160 e. The van der Waals surface area contributed by atoms with Crippen LogP contribution in [-0.4, -0.2) is 23.4 Å². The molecule has 150 valence electrons. The van der Waals surface area contributed by atoms with Crippen molar-refractivity contribution in [3.05, 3.63) is 23.8 Å². The minimum atomic E-state index is -0.0111. The molecule has 0 saturated carbocycles. The zero-order chi connectivity index (χ0) is 18.9. The lowest BCUT2D eigenvalue weighted by atomic mass is 10.0. The van der Waals surface area contributed by atoms with Gasteiger partial charge in [0.05, 0.1) is 0 Å². The molecule has 0 aliphatic carbocycles. The predicted octanol–water partition coefficient (Wildman–Crippen LogP) is 6.75. The van der Waals surface area contributed by atoms with E-state index in [0.717, 1.165) is 31.6 Å². The number of ether oxygens (including phenoxy) is 1. The zero-order valence-corrected chi connectivity index (χ0v) is 16.8. The first-order valence-electron chi connectivity index (χ1n) is 10.8. The van der Waals surface area contributed by atoms with E-state index in [1.54, 1.807) is 6.07 Å². The van der Waals surface area contributed by atoms with Gasteiger partial charge in [0.2, 0.25) is 0 Å². The summed E-state index contributed by atoms with van der Waals surface area (Å²) in [6.45, 7) is 4.12. The number of benzene rings is 1. The molecule has 0 fully saturated rings. The standard InChI is InChI=1S/C23H40O3/c1-2-3-4-10-13-19-26-20-14-11-8-6-5-7-9-12-16-21-17-15-18-22(24)23(21)25/h15,17-18,24-25H,2-14,16,19-20H2,1H3. The van der Waals surface area contributed by atoms with E-state index in [4.69, 9.17) is 4.74 Å². The molecule has 0 aliphatic rings. The average molecular weight is 365 g/mol. The first-order chi connectivity index (χ1) is 12.8. The molecular formula is C23H40O3. The van der Waals surface area contributed by atoms with Crippen LogP contribution in [0.15, 0.2) is 18.2 Å². The molecule has 1 rings (SSSR count). The number of para-hydroxylation sites is 1. The highest BCUT2D eigenvalue weighted by Crippen LogP contribution is 2.29. The number of rotatable bonds is 17. The van der Waals surface area contributed by atoms with E-state index in [1.807, 2.05) is 6.07 Å². The van der Waals surface area contributed by atoms with Crippen molar-refractivity contribution < 1.29 is 14.9 Å². The maximum atomic E-state index is 9.76. The van der Waals surface area contributed by atoms with Crippen molar-refractivity contribution in [2.75, 3.05) is 13.2 Å². The summed E-state index contributed by atoms with van der Waals surface area (Å²) >= 11 is 0. The number of phenols is 2. The molecule has 0 atom stereocenters. The minimum Gasteiger partial charge on any atom is -0.504 e. The fraction of sp³-hybridized carbons (Fsp3) is 0.739. The van der Waals surface area contributed by atoms with Gasteiger partial charge < -0.3 is 14.9 Å². The maximum absolute atomic E-state index is 9.76. The molecular weight excluding hydrogens is 324 g/mol. The molecule has 0 bridgehead atoms.